The van der Waals surface area contributed by atoms with Crippen molar-refractivity contribution in [2.45, 2.75) is 45.7 Å². The third-order valence-corrected chi connectivity index (χ3v) is 8.07. The topological polar surface area (TPSA) is 29.5 Å². The summed E-state index contributed by atoms with van der Waals surface area (Å²) < 4.78 is 6.16. The fraction of sp³-hybridized carbons (Fsp3) is 1.00. The standard InChI is InChI=1S/C9H24O2Si2/c1-9(7-10)8-13(5,6)11-12(2,3)4/h9-10H,7-8H2,1-6H3. The molecule has 0 aliphatic carbocycles. The molecule has 0 amide bonds. The highest BCUT2D eigenvalue weighted by Gasteiger charge is 2.30. The van der Waals surface area contributed by atoms with E-state index in [9.17, 15) is 0 Å². The molecule has 0 saturated carbocycles. The average molecular weight is 220 g/mol. The molecular weight excluding hydrogens is 196 g/mol. The van der Waals surface area contributed by atoms with Crippen molar-refractivity contribution in [2.24, 2.45) is 5.92 Å². The van der Waals surface area contributed by atoms with E-state index in [2.05, 4.69) is 39.7 Å². The molecule has 0 aliphatic rings. The molecule has 0 heterocycles. The van der Waals surface area contributed by atoms with Gasteiger partial charge in [0.1, 0.15) is 0 Å². The predicted molar refractivity (Wildman–Crippen MR) is 63.0 cm³/mol. The smallest absolute Gasteiger partial charge is 0.173 e. The second-order valence-electron chi connectivity index (χ2n) is 5.47. The predicted octanol–water partition coefficient (Wildman–Crippen LogP) is 2.67. The van der Waals surface area contributed by atoms with Crippen molar-refractivity contribution in [3.8, 4) is 0 Å². The third kappa shape index (κ3) is 7.43. The lowest BCUT2D eigenvalue weighted by Gasteiger charge is -2.33. The summed E-state index contributed by atoms with van der Waals surface area (Å²) in [5.41, 5.74) is 0. The Hall–Kier alpha value is 0.354. The van der Waals surface area contributed by atoms with Crippen molar-refractivity contribution >= 4 is 16.6 Å². The number of hydrogen-bond donors (Lipinski definition) is 1. The van der Waals surface area contributed by atoms with Crippen molar-refractivity contribution in [3.05, 3.63) is 0 Å². The zero-order valence-corrected chi connectivity index (χ0v) is 11.8. The van der Waals surface area contributed by atoms with E-state index in [4.69, 9.17) is 9.22 Å². The molecule has 0 radical (unpaired) electrons. The van der Waals surface area contributed by atoms with Crippen LogP contribution in [0.4, 0.5) is 0 Å². The molecule has 4 heteroatoms. The van der Waals surface area contributed by atoms with Gasteiger partial charge in [0.05, 0.1) is 0 Å². The van der Waals surface area contributed by atoms with E-state index >= 15 is 0 Å². The molecule has 0 bridgehead atoms. The summed E-state index contributed by atoms with van der Waals surface area (Å²) in [6.07, 6.45) is 0. The minimum Gasteiger partial charge on any atom is -0.456 e. The van der Waals surface area contributed by atoms with Gasteiger partial charge in [-0.15, -0.1) is 0 Å². The van der Waals surface area contributed by atoms with Gasteiger partial charge in [0, 0.05) is 6.61 Å². The maximum absolute atomic E-state index is 8.97. The van der Waals surface area contributed by atoms with Crippen molar-refractivity contribution in [1.29, 1.82) is 0 Å². The van der Waals surface area contributed by atoms with E-state index < -0.39 is 16.6 Å². The Balaban J connectivity index is 4.08. The van der Waals surface area contributed by atoms with E-state index in [1.54, 1.807) is 0 Å². The number of rotatable bonds is 5. The van der Waals surface area contributed by atoms with Crippen LogP contribution in [0.25, 0.3) is 0 Å². The summed E-state index contributed by atoms with van der Waals surface area (Å²) in [5, 5.41) is 8.97. The Morgan fingerprint density at radius 2 is 1.62 bits per heavy atom. The molecule has 0 rings (SSSR count). The maximum atomic E-state index is 8.97. The van der Waals surface area contributed by atoms with Crippen LogP contribution in [0, 0.1) is 5.92 Å². The maximum Gasteiger partial charge on any atom is 0.173 e. The van der Waals surface area contributed by atoms with Gasteiger partial charge < -0.3 is 9.22 Å². The van der Waals surface area contributed by atoms with Gasteiger partial charge in [-0.3, -0.25) is 0 Å². The fourth-order valence-corrected chi connectivity index (χ4v) is 10.5. The van der Waals surface area contributed by atoms with E-state index in [1.165, 1.54) is 0 Å². The molecule has 1 unspecified atom stereocenters. The van der Waals surface area contributed by atoms with Gasteiger partial charge in [0.25, 0.3) is 0 Å². The molecule has 0 spiro atoms. The van der Waals surface area contributed by atoms with Crippen LogP contribution < -0.4 is 0 Å². The average Bonchev–Trinajstić information content (AvgIpc) is 1.80. The van der Waals surface area contributed by atoms with Gasteiger partial charge in [-0.1, -0.05) is 6.92 Å². The van der Waals surface area contributed by atoms with E-state index in [0.29, 0.717) is 5.92 Å². The molecule has 0 saturated heterocycles. The first-order valence-electron chi connectivity index (χ1n) is 4.97. The van der Waals surface area contributed by atoms with Gasteiger partial charge in [-0.25, -0.2) is 0 Å². The minimum atomic E-state index is -1.52. The molecule has 0 aromatic rings. The van der Waals surface area contributed by atoms with Crippen LogP contribution in [0.1, 0.15) is 6.92 Å². The molecular formula is C9H24O2Si2. The highest BCUT2D eigenvalue weighted by atomic mass is 28.4. The monoisotopic (exact) mass is 220 g/mol. The molecule has 80 valence electrons. The number of aliphatic hydroxyl groups excluding tert-OH is 1. The highest BCUT2D eigenvalue weighted by Crippen LogP contribution is 2.22. The van der Waals surface area contributed by atoms with Crippen LogP contribution in [-0.2, 0) is 4.12 Å². The van der Waals surface area contributed by atoms with Crippen LogP contribution in [-0.4, -0.2) is 28.3 Å². The van der Waals surface area contributed by atoms with Gasteiger partial charge in [0.2, 0.25) is 0 Å². The minimum absolute atomic E-state index is 0.283. The van der Waals surface area contributed by atoms with Crippen LogP contribution in [0.2, 0.25) is 38.8 Å². The largest absolute Gasteiger partial charge is 0.456 e. The lowest BCUT2D eigenvalue weighted by molar-refractivity contribution is 0.244. The first-order chi connectivity index (χ1) is 5.66. The van der Waals surface area contributed by atoms with Crippen LogP contribution >= 0.6 is 0 Å². The Morgan fingerprint density at radius 3 is 1.92 bits per heavy atom. The number of aliphatic hydroxyl groups is 1. The summed E-state index contributed by atoms with van der Waals surface area (Å²) in [6, 6.07) is 1.06. The first kappa shape index (κ1) is 13.4. The summed E-state index contributed by atoms with van der Waals surface area (Å²) in [4.78, 5) is 0. The van der Waals surface area contributed by atoms with Crippen molar-refractivity contribution < 1.29 is 9.22 Å². The number of hydrogen-bond acceptors (Lipinski definition) is 2. The second-order valence-corrected chi connectivity index (χ2v) is 14.4. The van der Waals surface area contributed by atoms with Crippen LogP contribution in [0.15, 0.2) is 0 Å². The lowest BCUT2D eigenvalue weighted by Crippen LogP contribution is -2.43. The molecule has 2 nitrogen and oxygen atoms in total. The summed E-state index contributed by atoms with van der Waals surface area (Å²) in [5.74, 6) is 0.387. The van der Waals surface area contributed by atoms with Gasteiger partial charge in [0.15, 0.2) is 16.6 Å². The van der Waals surface area contributed by atoms with Crippen molar-refractivity contribution in [2.75, 3.05) is 6.61 Å². The van der Waals surface area contributed by atoms with Gasteiger partial charge in [-0.05, 0) is 44.7 Å². The molecule has 1 N–H and O–H groups in total. The Kier molecular flexibility index (Phi) is 4.86. The molecule has 0 aliphatic heterocycles. The zero-order valence-electron chi connectivity index (χ0n) is 9.85. The molecule has 0 fully saturated rings. The van der Waals surface area contributed by atoms with Crippen molar-refractivity contribution in [1.82, 2.24) is 0 Å². The molecule has 0 aromatic carbocycles. The molecule has 0 aromatic heterocycles. The summed E-state index contributed by atoms with van der Waals surface area (Å²) in [6.45, 7) is 13.5. The van der Waals surface area contributed by atoms with E-state index in [-0.39, 0.29) is 6.61 Å². The zero-order chi connectivity index (χ0) is 10.7. The summed E-state index contributed by atoms with van der Waals surface area (Å²) in [7, 11) is -2.91. The van der Waals surface area contributed by atoms with E-state index in [0.717, 1.165) is 6.04 Å². The van der Waals surface area contributed by atoms with Gasteiger partial charge in [-0.2, -0.15) is 0 Å². The normalized spacial score (nSPS) is 15.9. The Bertz CT molecular complexity index is 152. The fourth-order valence-electron chi connectivity index (χ4n) is 1.77. The SMILES string of the molecule is CC(CO)C[Si](C)(C)O[Si](C)(C)C. The van der Waals surface area contributed by atoms with Crippen molar-refractivity contribution in [3.63, 3.8) is 0 Å². The third-order valence-electron chi connectivity index (χ3n) is 1.73. The molecule has 13 heavy (non-hydrogen) atoms. The lowest BCUT2D eigenvalue weighted by atomic mass is 10.2. The summed E-state index contributed by atoms with van der Waals surface area (Å²) >= 11 is 0. The van der Waals surface area contributed by atoms with Gasteiger partial charge >= 0.3 is 0 Å². The molecule has 1 atom stereocenters. The quantitative estimate of drug-likeness (QED) is 0.722. The Labute approximate surface area is 84.6 Å². The Morgan fingerprint density at radius 1 is 1.15 bits per heavy atom. The first-order valence-corrected chi connectivity index (χ1v) is 11.5. The van der Waals surface area contributed by atoms with Crippen LogP contribution in [0.5, 0.6) is 0 Å². The highest BCUT2D eigenvalue weighted by molar-refractivity contribution is 6.84. The second kappa shape index (κ2) is 4.73. The van der Waals surface area contributed by atoms with Crippen LogP contribution in [0.3, 0.4) is 0 Å². The van der Waals surface area contributed by atoms with E-state index in [1.807, 2.05) is 0 Å².